The van der Waals surface area contributed by atoms with Gasteiger partial charge in [-0.3, -0.25) is 5.32 Å². The van der Waals surface area contributed by atoms with Crippen LogP contribution in [0.5, 0.6) is 0 Å². The zero-order chi connectivity index (χ0) is 21.8. The van der Waals surface area contributed by atoms with Crippen LogP contribution in [0, 0.1) is 13.8 Å². The number of aryl methyl sites for hydroxylation is 2. The molecule has 3 aromatic rings. The second-order valence-corrected chi connectivity index (χ2v) is 9.89. The molecule has 1 aromatic carbocycles. The van der Waals surface area contributed by atoms with Crippen LogP contribution in [0.3, 0.4) is 0 Å². The zero-order valence-electron chi connectivity index (χ0n) is 15.8. The minimum Gasteiger partial charge on any atom is -0.397 e. The smallest absolute Gasteiger partial charge is 0.397 e. The van der Waals surface area contributed by atoms with E-state index < -0.39 is 20.2 Å². The third-order valence-electron chi connectivity index (χ3n) is 4.96. The van der Waals surface area contributed by atoms with Crippen LogP contribution in [0.2, 0.25) is 0 Å². The summed E-state index contributed by atoms with van der Waals surface area (Å²) in [5.41, 5.74) is 3.98. The van der Waals surface area contributed by atoms with Crippen molar-refractivity contribution in [2.24, 2.45) is 0 Å². The molecule has 0 saturated carbocycles. The molecule has 2 unspecified atom stereocenters. The van der Waals surface area contributed by atoms with Gasteiger partial charge in [-0.1, -0.05) is 12.1 Å². The van der Waals surface area contributed by atoms with Gasteiger partial charge in [0.1, 0.15) is 17.2 Å². The maximum Gasteiger partial charge on any atom is 0.501 e. The molecule has 3 N–H and O–H groups in total. The second-order valence-electron chi connectivity index (χ2n) is 6.92. The summed E-state index contributed by atoms with van der Waals surface area (Å²) in [6.45, 7) is 4.09. The summed E-state index contributed by atoms with van der Waals surface area (Å²) in [4.78, 5) is 0.794. The minimum atomic E-state index is -5.35. The van der Waals surface area contributed by atoms with Crippen molar-refractivity contribution in [2.45, 2.75) is 43.1 Å². The maximum atomic E-state index is 12.6. The number of alkyl halides is 3. The van der Waals surface area contributed by atoms with E-state index in [1.807, 2.05) is 13.8 Å². The highest BCUT2D eigenvalue weighted by molar-refractivity contribution is 7.92. The quantitative estimate of drug-likeness (QED) is 0.564. The number of rotatable bonds is 5. The molecule has 12 heteroatoms. The van der Waals surface area contributed by atoms with Gasteiger partial charge in [-0.2, -0.15) is 18.3 Å². The lowest BCUT2D eigenvalue weighted by Crippen LogP contribution is -2.23. The number of thiophene rings is 1. The van der Waals surface area contributed by atoms with Gasteiger partial charge in [-0.25, -0.2) is 8.42 Å². The summed E-state index contributed by atoms with van der Waals surface area (Å²) in [7, 11) is -5.35. The Morgan fingerprint density at radius 2 is 1.87 bits per heavy atom. The van der Waals surface area contributed by atoms with E-state index in [4.69, 9.17) is 10.5 Å². The predicted molar refractivity (Wildman–Crippen MR) is 105 cm³/mol. The summed E-state index contributed by atoms with van der Waals surface area (Å²) in [5, 5.41) is 12.3. The molecule has 1 saturated heterocycles. The fourth-order valence-electron chi connectivity index (χ4n) is 3.07. The Kier molecular flexibility index (Phi) is 5.00. The van der Waals surface area contributed by atoms with Crippen molar-refractivity contribution in [3.8, 4) is 0 Å². The molecule has 0 amide bonds. The van der Waals surface area contributed by atoms with Crippen LogP contribution in [0.4, 0.5) is 18.9 Å². The zero-order valence-corrected chi connectivity index (χ0v) is 17.5. The Labute approximate surface area is 174 Å². The number of epoxide rings is 1. The predicted octanol–water partition coefficient (Wildman–Crippen LogP) is 3.37. The standard InChI is InChI=1S/C18H17F3N4O3S2/c1-8-9(2)24-25-17-12(8)13(22)15(29-17)14-16(28-14)23-7-10-3-5-11(6-4-10)30(26,27)18(19,20)21/h3-6,14,16,23H,7,22H2,1-2H3. The highest BCUT2D eigenvalue weighted by atomic mass is 32.2. The van der Waals surface area contributed by atoms with Crippen molar-refractivity contribution in [1.29, 1.82) is 0 Å². The van der Waals surface area contributed by atoms with E-state index in [-0.39, 0.29) is 18.9 Å². The first-order chi connectivity index (χ1) is 14.0. The lowest BCUT2D eigenvalue weighted by atomic mass is 10.1. The largest absolute Gasteiger partial charge is 0.501 e. The lowest BCUT2D eigenvalue weighted by molar-refractivity contribution is -0.0436. The number of sulfone groups is 1. The number of hydrogen-bond donors (Lipinski definition) is 2. The molecule has 0 spiro atoms. The van der Waals surface area contributed by atoms with Gasteiger partial charge in [0.15, 0.2) is 0 Å². The molecular formula is C18H17F3N4O3S2. The molecule has 2 aromatic heterocycles. The summed E-state index contributed by atoms with van der Waals surface area (Å²) >= 11 is 1.41. The van der Waals surface area contributed by atoms with Crippen LogP contribution in [-0.4, -0.2) is 30.4 Å². The van der Waals surface area contributed by atoms with E-state index in [0.717, 1.165) is 38.5 Å². The lowest BCUT2D eigenvalue weighted by Gasteiger charge is -2.08. The van der Waals surface area contributed by atoms with Gasteiger partial charge in [0, 0.05) is 11.9 Å². The average Bonchev–Trinajstić information content (AvgIpc) is 3.37. The number of aromatic nitrogens is 2. The van der Waals surface area contributed by atoms with Crippen LogP contribution < -0.4 is 11.1 Å². The van der Waals surface area contributed by atoms with Gasteiger partial charge in [0.05, 0.1) is 21.2 Å². The molecule has 1 aliphatic heterocycles. The number of nitrogens with zero attached hydrogens (tertiary/aromatic N) is 2. The van der Waals surface area contributed by atoms with Crippen LogP contribution >= 0.6 is 11.3 Å². The first-order valence-electron chi connectivity index (χ1n) is 8.81. The van der Waals surface area contributed by atoms with E-state index in [2.05, 4.69) is 15.5 Å². The first kappa shape index (κ1) is 21.0. The number of nitrogens with two attached hydrogens (primary N) is 1. The summed E-state index contributed by atoms with van der Waals surface area (Å²) < 4.78 is 66.3. The van der Waals surface area contributed by atoms with E-state index in [9.17, 15) is 21.6 Å². The molecule has 30 heavy (non-hydrogen) atoms. The Hall–Kier alpha value is -2.28. The minimum absolute atomic E-state index is 0.256. The highest BCUT2D eigenvalue weighted by Crippen LogP contribution is 2.47. The third-order valence-corrected chi connectivity index (χ3v) is 7.61. The van der Waals surface area contributed by atoms with Crippen LogP contribution in [0.15, 0.2) is 29.2 Å². The molecule has 0 bridgehead atoms. The topological polar surface area (TPSA) is 110 Å². The third kappa shape index (κ3) is 3.53. The van der Waals surface area contributed by atoms with Crippen LogP contribution in [0.1, 0.15) is 27.8 Å². The molecule has 0 radical (unpaired) electrons. The Morgan fingerprint density at radius 3 is 2.50 bits per heavy atom. The van der Waals surface area contributed by atoms with Gasteiger partial charge in [-0.15, -0.1) is 16.4 Å². The number of anilines is 1. The summed E-state index contributed by atoms with van der Waals surface area (Å²) in [6, 6.07) is 4.55. The van der Waals surface area contributed by atoms with Gasteiger partial charge in [-0.05, 0) is 37.1 Å². The Morgan fingerprint density at radius 1 is 1.20 bits per heavy atom. The van der Waals surface area contributed by atoms with Crippen molar-refractivity contribution in [1.82, 2.24) is 15.5 Å². The highest BCUT2D eigenvalue weighted by Gasteiger charge is 2.47. The molecule has 7 nitrogen and oxygen atoms in total. The normalized spacial score (nSPS) is 19.4. The van der Waals surface area contributed by atoms with Crippen molar-refractivity contribution in [3.05, 3.63) is 46.0 Å². The van der Waals surface area contributed by atoms with E-state index in [0.29, 0.717) is 11.3 Å². The van der Waals surface area contributed by atoms with Crippen molar-refractivity contribution in [2.75, 3.05) is 5.73 Å². The summed E-state index contributed by atoms with van der Waals surface area (Å²) in [5.74, 6) is 0. The van der Waals surface area contributed by atoms with E-state index >= 15 is 0 Å². The van der Waals surface area contributed by atoms with E-state index in [1.165, 1.54) is 23.5 Å². The molecular weight excluding hydrogens is 441 g/mol. The molecule has 1 fully saturated rings. The number of hydrogen-bond acceptors (Lipinski definition) is 8. The Balaban J connectivity index is 1.43. The van der Waals surface area contributed by atoms with Crippen molar-refractivity contribution in [3.63, 3.8) is 0 Å². The fourth-order valence-corrected chi connectivity index (χ4v) is 5.00. The van der Waals surface area contributed by atoms with Crippen molar-refractivity contribution >= 4 is 37.1 Å². The second kappa shape index (κ2) is 7.15. The number of benzene rings is 1. The summed E-state index contributed by atoms with van der Waals surface area (Å²) in [6.07, 6.45) is -0.568. The maximum absolute atomic E-state index is 12.6. The van der Waals surface area contributed by atoms with E-state index in [1.54, 1.807) is 0 Å². The molecule has 0 aliphatic carbocycles. The molecule has 3 heterocycles. The fraction of sp³-hybridized carbons (Fsp3) is 0.333. The van der Waals surface area contributed by atoms with Gasteiger partial charge >= 0.3 is 5.51 Å². The number of nitrogen functional groups attached to an aromatic ring is 1. The van der Waals surface area contributed by atoms with Crippen LogP contribution in [0.25, 0.3) is 10.2 Å². The monoisotopic (exact) mass is 458 g/mol. The number of ether oxygens (including phenoxy) is 1. The number of nitrogens with one attached hydrogen (secondary N) is 1. The van der Waals surface area contributed by atoms with Gasteiger partial charge < -0.3 is 10.5 Å². The molecule has 160 valence electrons. The Bertz CT molecular complexity index is 1220. The first-order valence-corrected chi connectivity index (χ1v) is 11.1. The van der Waals surface area contributed by atoms with Crippen molar-refractivity contribution < 1.29 is 26.3 Å². The molecule has 4 rings (SSSR count). The average molecular weight is 458 g/mol. The van der Waals surface area contributed by atoms with Crippen LogP contribution in [-0.2, 0) is 21.1 Å². The molecule has 1 aliphatic rings. The molecule has 2 atom stereocenters. The SMILES string of the molecule is Cc1nnc2sc(C3OC3NCc3ccc(S(=O)(=O)C(F)(F)F)cc3)c(N)c2c1C. The number of fused-ring (bicyclic) bond motifs is 1. The van der Waals surface area contributed by atoms with Gasteiger partial charge in [0.2, 0.25) is 0 Å². The number of halogens is 3. The van der Waals surface area contributed by atoms with Gasteiger partial charge in [0.25, 0.3) is 9.84 Å².